The minimum absolute atomic E-state index is 0.0927. The number of carbonyl (C=O) groups excluding carboxylic acids is 2. The number of nitrogens with one attached hydrogen (secondary N) is 1. The summed E-state index contributed by atoms with van der Waals surface area (Å²) in [7, 11) is 0. The largest absolute Gasteiger partial charge is 0.384 e. The highest BCUT2D eigenvalue weighted by Gasteiger charge is 2.32. The number of imide groups is 1. The summed E-state index contributed by atoms with van der Waals surface area (Å²) in [4.78, 5) is 51.8. The van der Waals surface area contributed by atoms with Crippen molar-refractivity contribution in [2.75, 3.05) is 5.73 Å². The number of rotatable bonds is 4. The van der Waals surface area contributed by atoms with Crippen molar-refractivity contribution in [1.29, 1.82) is 0 Å². The van der Waals surface area contributed by atoms with Gasteiger partial charge >= 0.3 is 0 Å². The standard InChI is InChI=1S/C18H11N5O5S/c19-16-15-12(17(25)21-18(15)26)8-14(24)22(16)9-5-10(23(27)28)7-11(6-9)29-13-3-1-2-4-20-13/h1-8H,19H2,(H,21,25,26). The number of hydrogen-bond acceptors (Lipinski definition) is 8. The van der Waals surface area contributed by atoms with Crippen molar-refractivity contribution in [3.8, 4) is 5.69 Å². The molecule has 3 heterocycles. The number of hydrogen-bond donors (Lipinski definition) is 2. The minimum atomic E-state index is -0.732. The number of anilines is 1. The Labute approximate surface area is 166 Å². The maximum Gasteiger partial charge on any atom is 0.272 e. The van der Waals surface area contributed by atoms with Gasteiger partial charge in [0.25, 0.3) is 23.1 Å². The molecule has 0 spiro atoms. The number of nitro groups is 1. The Balaban J connectivity index is 1.91. The first-order valence-corrected chi connectivity index (χ1v) is 8.97. The number of nitrogens with two attached hydrogens (primary N) is 1. The topological polar surface area (TPSA) is 150 Å². The van der Waals surface area contributed by atoms with Crippen LogP contribution in [0.25, 0.3) is 5.69 Å². The molecule has 0 unspecified atom stereocenters. The number of aromatic nitrogens is 2. The number of benzene rings is 1. The monoisotopic (exact) mass is 409 g/mol. The summed E-state index contributed by atoms with van der Waals surface area (Å²) < 4.78 is 0.965. The number of pyridine rings is 2. The van der Waals surface area contributed by atoms with Crippen LogP contribution in [-0.4, -0.2) is 26.3 Å². The van der Waals surface area contributed by atoms with E-state index in [2.05, 4.69) is 10.3 Å². The molecule has 144 valence electrons. The van der Waals surface area contributed by atoms with Crippen LogP contribution in [0, 0.1) is 10.1 Å². The highest BCUT2D eigenvalue weighted by atomic mass is 32.2. The predicted molar refractivity (Wildman–Crippen MR) is 103 cm³/mol. The molecule has 0 fully saturated rings. The molecule has 2 amide bonds. The van der Waals surface area contributed by atoms with Crippen LogP contribution in [0.3, 0.4) is 0 Å². The van der Waals surface area contributed by atoms with Gasteiger partial charge in [0.15, 0.2) is 0 Å². The molecule has 1 aliphatic heterocycles. The van der Waals surface area contributed by atoms with Gasteiger partial charge in [-0.2, -0.15) is 0 Å². The van der Waals surface area contributed by atoms with E-state index in [1.54, 1.807) is 24.4 Å². The summed E-state index contributed by atoms with van der Waals surface area (Å²) in [6, 6.07) is 10.2. The lowest BCUT2D eigenvalue weighted by Crippen LogP contribution is -2.24. The minimum Gasteiger partial charge on any atom is -0.384 e. The summed E-state index contributed by atoms with van der Waals surface area (Å²) in [6.45, 7) is 0. The summed E-state index contributed by atoms with van der Waals surface area (Å²) in [5, 5.41) is 14.1. The van der Waals surface area contributed by atoms with Gasteiger partial charge in [0.2, 0.25) is 0 Å². The molecule has 0 saturated carbocycles. The molecule has 29 heavy (non-hydrogen) atoms. The van der Waals surface area contributed by atoms with Crippen LogP contribution in [0.1, 0.15) is 20.7 Å². The summed E-state index contributed by atoms with van der Waals surface area (Å²) in [6.07, 6.45) is 1.58. The molecule has 10 nitrogen and oxygen atoms in total. The molecule has 2 aromatic heterocycles. The first-order valence-electron chi connectivity index (χ1n) is 8.15. The predicted octanol–water partition coefficient (Wildman–Crippen LogP) is 1.76. The second-order valence-electron chi connectivity index (χ2n) is 5.99. The van der Waals surface area contributed by atoms with Crippen LogP contribution in [0.15, 0.2) is 63.4 Å². The lowest BCUT2D eigenvalue weighted by molar-refractivity contribution is -0.385. The third-order valence-corrected chi connectivity index (χ3v) is 5.08. The Morgan fingerprint density at radius 1 is 1.10 bits per heavy atom. The van der Waals surface area contributed by atoms with E-state index in [4.69, 9.17) is 5.73 Å². The van der Waals surface area contributed by atoms with Gasteiger partial charge < -0.3 is 5.73 Å². The number of nitrogen functional groups attached to an aromatic ring is 1. The zero-order valence-electron chi connectivity index (χ0n) is 14.5. The van der Waals surface area contributed by atoms with Crippen molar-refractivity contribution in [2.45, 2.75) is 9.92 Å². The Morgan fingerprint density at radius 2 is 1.90 bits per heavy atom. The van der Waals surface area contributed by atoms with Gasteiger partial charge in [-0.25, -0.2) is 4.98 Å². The van der Waals surface area contributed by atoms with Gasteiger partial charge in [-0.15, -0.1) is 0 Å². The molecule has 0 bridgehead atoms. The SMILES string of the molecule is Nc1c2c(cc(=O)n1-c1cc(Sc3ccccn3)cc([N+](=O)[O-])c1)C(=O)NC2=O. The molecule has 3 aromatic rings. The van der Waals surface area contributed by atoms with Gasteiger partial charge in [0.05, 0.1) is 21.7 Å². The molecule has 4 rings (SSSR count). The average molecular weight is 409 g/mol. The van der Waals surface area contributed by atoms with Gasteiger partial charge in [-0.3, -0.25) is 34.4 Å². The van der Waals surface area contributed by atoms with E-state index in [0.717, 1.165) is 22.4 Å². The molecule has 0 atom stereocenters. The molecule has 3 N–H and O–H groups in total. The van der Waals surface area contributed by atoms with E-state index < -0.39 is 22.3 Å². The van der Waals surface area contributed by atoms with Crippen molar-refractivity contribution >= 4 is 35.1 Å². The fraction of sp³-hybridized carbons (Fsp3) is 0. The number of non-ortho nitro benzene ring substituents is 1. The van der Waals surface area contributed by atoms with Gasteiger partial charge in [0, 0.05) is 29.3 Å². The van der Waals surface area contributed by atoms with Crippen molar-refractivity contribution in [2.24, 2.45) is 0 Å². The normalized spacial score (nSPS) is 12.6. The van der Waals surface area contributed by atoms with Crippen LogP contribution in [0.4, 0.5) is 11.5 Å². The van der Waals surface area contributed by atoms with Crippen molar-refractivity contribution < 1.29 is 14.5 Å². The van der Waals surface area contributed by atoms with E-state index in [-0.39, 0.29) is 28.3 Å². The zero-order chi connectivity index (χ0) is 20.7. The lowest BCUT2D eigenvalue weighted by Gasteiger charge is -2.13. The van der Waals surface area contributed by atoms with Gasteiger partial charge in [-0.1, -0.05) is 17.8 Å². The van der Waals surface area contributed by atoms with E-state index in [0.29, 0.717) is 9.92 Å². The molecule has 1 aromatic carbocycles. The Morgan fingerprint density at radius 3 is 2.59 bits per heavy atom. The van der Waals surface area contributed by atoms with Gasteiger partial charge in [0.1, 0.15) is 10.8 Å². The molecule has 0 saturated heterocycles. The maximum atomic E-state index is 12.6. The van der Waals surface area contributed by atoms with E-state index in [1.807, 2.05) is 0 Å². The molecular formula is C18H11N5O5S. The van der Waals surface area contributed by atoms with Crippen molar-refractivity contribution in [1.82, 2.24) is 14.9 Å². The van der Waals surface area contributed by atoms with Crippen molar-refractivity contribution in [3.63, 3.8) is 0 Å². The number of fused-ring (bicyclic) bond motifs is 1. The molecule has 1 aliphatic rings. The fourth-order valence-corrected chi connectivity index (χ4v) is 3.80. The zero-order valence-corrected chi connectivity index (χ0v) is 15.3. The molecule has 0 aliphatic carbocycles. The van der Waals surface area contributed by atoms with Crippen LogP contribution in [0.2, 0.25) is 0 Å². The second-order valence-corrected chi connectivity index (χ2v) is 7.08. The highest BCUT2D eigenvalue weighted by molar-refractivity contribution is 7.99. The number of carbonyl (C=O) groups is 2. The number of nitrogens with zero attached hydrogens (tertiary/aromatic N) is 3. The Hall–Kier alpha value is -3.99. The molecule has 0 radical (unpaired) electrons. The fourth-order valence-electron chi connectivity index (χ4n) is 2.94. The third-order valence-electron chi connectivity index (χ3n) is 4.16. The first-order chi connectivity index (χ1) is 13.8. The van der Waals surface area contributed by atoms with Crippen LogP contribution in [0.5, 0.6) is 0 Å². The van der Waals surface area contributed by atoms with Gasteiger partial charge in [-0.05, 0) is 18.2 Å². The first kappa shape index (κ1) is 18.4. The van der Waals surface area contributed by atoms with Crippen LogP contribution >= 0.6 is 11.8 Å². The van der Waals surface area contributed by atoms with Crippen LogP contribution in [-0.2, 0) is 0 Å². The molecule has 11 heteroatoms. The quantitative estimate of drug-likeness (QED) is 0.376. The number of nitro benzene ring substituents is 1. The lowest BCUT2D eigenvalue weighted by atomic mass is 10.1. The van der Waals surface area contributed by atoms with Crippen molar-refractivity contribution in [3.05, 3.63) is 80.3 Å². The van der Waals surface area contributed by atoms with Crippen LogP contribution < -0.4 is 16.6 Å². The average Bonchev–Trinajstić information content (AvgIpc) is 2.96. The summed E-state index contributed by atoms with van der Waals surface area (Å²) in [5.41, 5.74) is 4.88. The Kier molecular flexibility index (Phi) is 4.35. The highest BCUT2D eigenvalue weighted by Crippen LogP contribution is 2.32. The third kappa shape index (κ3) is 3.23. The number of amides is 2. The van der Waals surface area contributed by atoms with E-state index in [9.17, 15) is 24.5 Å². The van der Waals surface area contributed by atoms with E-state index in [1.165, 1.54) is 18.2 Å². The Bertz CT molecular complexity index is 1260. The summed E-state index contributed by atoms with van der Waals surface area (Å²) in [5.74, 6) is -1.72. The van der Waals surface area contributed by atoms with E-state index >= 15 is 0 Å². The maximum absolute atomic E-state index is 12.6. The second kappa shape index (κ2) is 6.87. The summed E-state index contributed by atoms with van der Waals surface area (Å²) >= 11 is 1.16. The smallest absolute Gasteiger partial charge is 0.272 e. The molecular weight excluding hydrogens is 398 g/mol.